The summed E-state index contributed by atoms with van der Waals surface area (Å²) in [6.07, 6.45) is 3.25. The first-order chi connectivity index (χ1) is 10.4. The zero-order chi connectivity index (χ0) is 16.0. The molecule has 0 atom stereocenters. The second-order valence-electron chi connectivity index (χ2n) is 4.58. The SMILES string of the molecule is CS(=O)(=O)c1ccc(OCCCC(=O)Nc2ncn[nH]2)cc1. The van der Waals surface area contributed by atoms with Gasteiger partial charge in [-0.15, -0.1) is 0 Å². The van der Waals surface area contributed by atoms with Gasteiger partial charge in [-0.05, 0) is 30.7 Å². The molecular formula is C13H16N4O4S. The van der Waals surface area contributed by atoms with Crippen molar-refractivity contribution in [1.29, 1.82) is 0 Å². The minimum Gasteiger partial charge on any atom is -0.494 e. The predicted octanol–water partition coefficient (Wildman–Crippen LogP) is 1.01. The van der Waals surface area contributed by atoms with E-state index in [0.29, 0.717) is 24.7 Å². The number of carbonyl (C=O) groups is 1. The molecule has 2 N–H and O–H groups in total. The Labute approximate surface area is 127 Å². The molecule has 8 nitrogen and oxygen atoms in total. The fourth-order valence-electron chi connectivity index (χ4n) is 1.67. The van der Waals surface area contributed by atoms with E-state index < -0.39 is 9.84 Å². The molecule has 0 aliphatic heterocycles. The molecule has 0 radical (unpaired) electrons. The van der Waals surface area contributed by atoms with Crippen molar-refractivity contribution < 1.29 is 17.9 Å². The molecular weight excluding hydrogens is 308 g/mol. The van der Waals surface area contributed by atoms with E-state index in [2.05, 4.69) is 20.5 Å². The summed E-state index contributed by atoms with van der Waals surface area (Å²) in [5, 5.41) is 8.70. The molecule has 22 heavy (non-hydrogen) atoms. The van der Waals surface area contributed by atoms with Crippen molar-refractivity contribution in [2.75, 3.05) is 18.2 Å². The molecule has 0 bridgehead atoms. The van der Waals surface area contributed by atoms with Gasteiger partial charge in [0, 0.05) is 12.7 Å². The van der Waals surface area contributed by atoms with E-state index in [-0.39, 0.29) is 17.2 Å². The van der Waals surface area contributed by atoms with Gasteiger partial charge >= 0.3 is 0 Å². The molecule has 0 aliphatic carbocycles. The number of sulfone groups is 1. The van der Waals surface area contributed by atoms with E-state index in [1.807, 2.05) is 0 Å². The number of aromatic nitrogens is 3. The average Bonchev–Trinajstić information content (AvgIpc) is 2.96. The van der Waals surface area contributed by atoms with Crippen LogP contribution in [0.15, 0.2) is 35.5 Å². The van der Waals surface area contributed by atoms with Crippen LogP contribution >= 0.6 is 0 Å². The molecule has 1 aromatic carbocycles. The molecule has 1 amide bonds. The fourth-order valence-corrected chi connectivity index (χ4v) is 2.30. The zero-order valence-corrected chi connectivity index (χ0v) is 12.8. The summed E-state index contributed by atoms with van der Waals surface area (Å²) in [4.78, 5) is 15.6. The van der Waals surface area contributed by atoms with E-state index in [1.165, 1.54) is 18.5 Å². The van der Waals surface area contributed by atoms with Gasteiger partial charge in [-0.2, -0.15) is 10.1 Å². The van der Waals surface area contributed by atoms with Crippen LogP contribution in [0.3, 0.4) is 0 Å². The molecule has 2 rings (SSSR count). The lowest BCUT2D eigenvalue weighted by atomic mass is 10.3. The van der Waals surface area contributed by atoms with Crippen LogP contribution in [0.2, 0.25) is 0 Å². The van der Waals surface area contributed by atoms with E-state index in [0.717, 1.165) is 6.26 Å². The minimum atomic E-state index is -3.20. The lowest BCUT2D eigenvalue weighted by Crippen LogP contribution is -2.13. The first-order valence-corrected chi connectivity index (χ1v) is 8.42. The highest BCUT2D eigenvalue weighted by Gasteiger charge is 2.07. The number of H-pyrrole nitrogens is 1. The summed E-state index contributed by atoms with van der Waals surface area (Å²) in [5.74, 6) is 0.679. The number of nitrogens with zero attached hydrogens (tertiary/aromatic N) is 2. The number of hydrogen-bond donors (Lipinski definition) is 2. The van der Waals surface area contributed by atoms with Gasteiger partial charge in [0.2, 0.25) is 11.9 Å². The monoisotopic (exact) mass is 324 g/mol. The van der Waals surface area contributed by atoms with Gasteiger partial charge in [-0.3, -0.25) is 10.1 Å². The molecule has 1 heterocycles. The van der Waals surface area contributed by atoms with E-state index in [1.54, 1.807) is 12.1 Å². The number of amides is 1. The third-order valence-electron chi connectivity index (χ3n) is 2.74. The van der Waals surface area contributed by atoms with Crippen molar-refractivity contribution in [3.8, 4) is 5.75 Å². The molecule has 0 unspecified atom stereocenters. The minimum absolute atomic E-state index is 0.187. The lowest BCUT2D eigenvalue weighted by molar-refractivity contribution is -0.116. The van der Waals surface area contributed by atoms with Gasteiger partial charge in [-0.25, -0.2) is 13.5 Å². The van der Waals surface area contributed by atoms with Gasteiger partial charge in [0.25, 0.3) is 0 Å². The van der Waals surface area contributed by atoms with Crippen LogP contribution in [-0.4, -0.2) is 42.4 Å². The number of aromatic amines is 1. The average molecular weight is 324 g/mol. The molecule has 0 saturated heterocycles. The van der Waals surface area contributed by atoms with Crippen LogP contribution in [0, 0.1) is 0 Å². The first kappa shape index (κ1) is 16.0. The standard InChI is InChI=1S/C13H16N4O4S/c1-22(19,20)11-6-4-10(5-7-11)21-8-2-3-12(18)16-13-14-9-15-17-13/h4-7,9H,2-3,8H2,1H3,(H2,14,15,16,17,18). The molecule has 2 aromatic rings. The lowest BCUT2D eigenvalue weighted by Gasteiger charge is -2.06. The first-order valence-electron chi connectivity index (χ1n) is 6.53. The Morgan fingerprint density at radius 3 is 2.64 bits per heavy atom. The molecule has 1 aromatic heterocycles. The second-order valence-corrected chi connectivity index (χ2v) is 6.59. The van der Waals surface area contributed by atoms with Crippen molar-refractivity contribution >= 4 is 21.7 Å². The summed E-state index contributed by atoms with van der Waals surface area (Å²) in [7, 11) is -3.20. The largest absolute Gasteiger partial charge is 0.494 e. The maximum atomic E-state index is 11.6. The van der Waals surface area contributed by atoms with Crippen molar-refractivity contribution in [2.24, 2.45) is 0 Å². The van der Waals surface area contributed by atoms with Crippen LogP contribution in [-0.2, 0) is 14.6 Å². The number of hydrogen-bond acceptors (Lipinski definition) is 6. The molecule has 0 spiro atoms. The van der Waals surface area contributed by atoms with Crippen LogP contribution in [0.25, 0.3) is 0 Å². The molecule has 118 valence electrons. The summed E-state index contributed by atoms with van der Waals surface area (Å²) in [5.41, 5.74) is 0. The molecule has 0 saturated carbocycles. The number of benzene rings is 1. The van der Waals surface area contributed by atoms with Gasteiger partial charge in [0.1, 0.15) is 12.1 Å². The van der Waals surface area contributed by atoms with Crippen molar-refractivity contribution in [2.45, 2.75) is 17.7 Å². The van der Waals surface area contributed by atoms with E-state index >= 15 is 0 Å². The second kappa shape index (κ2) is 7.03. The normalized spacial score (nSPS) is 11.1. The summed E-state index contributed by atoms with van der Waals surface area (Å²) < 4.78 is 28.1. The number of anilines is 1. The molecule has 0 fully saturated rings. The van der Waals surface area contributed by atoms with Gasteiger partial charge < -0.3 is 4.74 Å². The number of ether oxygens (including phenoxy) is 1. The van der Waals surface area contributed by atoms with Crippen LogP contribution in [0.4, 0.5) is 5.95 Å². The highest BCUT2D eigenvalue weighted by atomic mass is 32.2. The Hall–Kier alpha value is -2.42. The molecule has 0 aliphatic rings. The van der Waals surface area contributed by atoms with E-state index in [4.69, 9.17) is 4.74 Å². The Morgan fingerprint density at radius 1 is 1.32 bits per heavy atom. The number of carbonyl (C=O) groups excluding carboxylic acids is 1. The van der Waals surface area contributed by atoms with Crippen molar-refractivity contribution in [3.63, 3.8) is 0 Å². The highest BCUT2D eigenvalue weighted by molar-refractivity contribution is 7.90. The van der Waals surface area contributed by atoms with Gasteiger partial charge in [-0.1, -0.05) is 0 Å². The third kappa shape index (κ3) is 4.85. The quantitative estimate of drug-likeness (QED) is 0.735. The van der Waals surface area contributed by atoms with Gasteiger partial charge in [0.05, 0.1) is 11.5 Å². The Morgan fingerprint density at radius 2 is 2.05 bits per heavy atom. The third-order valence-corrected chi connectivity index (χ3v) is 3.87. The van der Waals surface area contributed by atoms with Crippen LogP contribution in [0.1, 0.15) is 12.8 Å². The summed E-state index contributed by atoms with van der Waals surface area (Å²) in [6.45, 7) is 0.349. The number of nitrogens with one attached hydrogen (secondary N) is 2. The van der Waals surface area contributed by atoms with Gasteiger partial charge in [0.15, 0.2) is 9.84 Å². The summed E-state index contributed by atoms with van der Waals surface area (Å²) >= 11 is 0. The van der Waals surface area contributed by atoms with E-state index in [9.17, 15) is 13.2 Å². The zero-order valence-electron chi connectivity index (χ0n) is 11.9. The van der Waals surface area contributed by atoms with Crippen molar-refractivity contribution in [1.82, 2.24) is 15.2 Å². The topological polar surface area (TPSA) is 114 Å². The van der Waals surface area contributed by atoms with Crippen LogP contribution in [0.5, 0.6) is 5.75 Å². The molecule has 9 heteroatoms. The Bertz CT molecular complexity index is 711. The number of rotatable bonds is 7. The van der Waals surface area contributed by atoms with Crippen molar-refractivity contribution in [3.05, 3.63) is 30.6 Å². The Kier molecular flexibility index (Phi) is 5.10. The Balaban J connectivity index is 1.71. The van der Waals surface area contributed by atoms with Crippen LogP contribution < -0.4 is 10.1 Å². The predicted molar refractivity (Wildman–Crippen MR) is 79.3 cm³/mol. The maximum Gasteiger partial charge on any atom is 0.226 e. The summed E-state index contributed by atoms with van der Waals surface area (Å²) in [6, 6.07) is 6.15. The highest BCUT2D eigenvalue weighted by Crippen LogP contribution is 2.16. The maximum absolute atomic E-state index is 11.6. The fraction of sp³-hybridized carbons (Fsp3) is 0.308. The smallest absolute Gasteiger partial charge is 0.226 e.